The van der Waals surface area contributed by atoms with Crippen LogP contribution in [0.4, 0.5) is 5.69 Å². The van der Waals surface area contributed by atoms with E-state index in [0.717, 1.165) is 5.56 Å². The number of benzene rings is 2. The summed E-state index contributed by atoms with van der Waals surface area (Å²) in [6, 6.07) is 13.6. The van der Waals surface area contributed by atoms with E-state index < -0.39 is 16.0 Å². The van der Waals surface area contributed by atoms with Crippen molar-refractivity contribution >= 4 is 43.5 Å². The number of hydrogen-bond acceptors (Lipinski definition) is 4. The van der Waals surface area contributed by atoms with Crippen molar-refractivity contribution in [3.63, 3.8) is 0 Å². The summed E-state index contributed by atoms with van der Waals surface area (Å²) in [6.07, 6.45) is 1.88. The third-order valence-corrected chi connectivity index (χ3v) is 5.87. The summed E-state index contributed by atoms with van der Waals surface area (Å²) in [7, 11) is -3.74. The van der Waals surface area contributed by atoms with E-state index in [1.165, 1.54) is 6.07 Å². The first-order chi connectivity index (χ1) is 14.2. The van der Waals surface area contributed by atoms with Gasteiger partial charge in [0.15, 0.2) is 0 Å². The Labute approximate surface area is 172 Å². The Hall–Kier alpha value is -3.59. The van der Waals surface area contributed by atoms with Crippen molar-refractivity contribution in [2.75, 3.05) is 4.72 Å². The molecular weight excluding hydrogens is 406 g/mol. The van der Waals surface area contributed by atoms with Crippen LogP contribution in [0.15, 0.2) is 64.4 Å². The summed E-state index contributed by atoms with van der Waals surface area (Å²) in [6.45, 7) is 3.44. The summed E-state index contributed by atoms with van der Waals surface area (Å²) in [5, 5.41) is 9.08. The Morgan fingerprint density at radius 3 is 2.47 bits per heavy atom. The number of carboxylic acid groups (broad SMARTS) is 1. The number of fused-ring (bicyclic) bond motifs is 3. The molecule has 4 rings (SSSR count). The van der Waals surface area contributed by atoms with Gasteiger partial charge in [0.25, 0.3) is 15.6 Å². The van der Waals surface area contributed by atoms with E-state index in [9.17, 15) is 18.0 Å². The number of H-pyrrole nitrogens is 2. The van der Waals surface area contributed by atoms with E-state index >= 15 is 0 Å². The van der Waals surface area contributed by atoms with Gasteiger partial charge in [-0.25, -0.2) is 8.42 Å². The maximum atomic E-state index is 12.7. The van der Waals surface area contributed by atoms with Crippen molar-refractivity contribution in [3.05, 3.63) is 70.6 Å². The van der Waals surface area contributed by atoms with Crippen molar-refractivity contribution < 1.29 is 18.3 Å². The predicted molar refractivity (Wildman–Crippen MR) is 116 cm³/mol. The Morgan fingerprint density at radius 1 is 1.10 bits per heavy atom. The van der Waals surface area contributed by atoms with Crippen molar-refractivity contribution in [1.29, 1.82) is 0 Å². The summed E-state index contributed by atoms with van der Waals surface area (Å²) in [4.78, 5) is 27.1. The van der Waals surface area contributed by atoms with Gasteiger partial charge >= 0.3 is 5.97 Å². The average Bonchev–Trinajstić information content (AvgIpc) is 3.21. The maximum absolute atomic E-state index is 12.7. The molecule has 0 saturated carbocycles. The molecule has 0 bridgehead atoms. The molecule has 30 heavy (non-hydrogen) atoms. The molecule has 2 aromatic carbocycles. The van der Waals surface area contributed by atoms with Crippen LogP contribution in [0.3, 0.4) is 0 Å². The van der Waals surface area contributed by atoms with Crippen molar-refractivity contribution in [2.24, 2.45) is 0 Å². The number of anilines is 1. The molecular formula is C21H21N3O5S. The number of hydrogen-bond donors (Lipinski definition) is 4. The van der Waals surface area contributed by atoms with Gasteiger partial charge in [0.2, 0.25) is 0 Å². The van der Waals surface area contributed by atoms with Crippen LogP contribution in [-0.4, -0.2) is 29.5 Å². The van der Waals surface area contributed by atoms with Crippen LogP contribution in [-0.2, 0) is 14.8 Å². The van der Waals surface area contributed by atoms with Gasteiger partial charge in [0.1, 0.15) is 5.52 Å². The lowest BCUT2D eigenvalue weighted by Gasteiger charge is -2.11. The molecule has 0 spiro atoms. The molecule has 0 radical (unpaired) electrons. The van der Waals surface area contributed by atoms with Gasteiger partial charge in [-0.2, -0.15) is 0 Å². The highest BCUT2D eigenvalue weighted by molar-refractivity contribution is 7.92. The Balaban J connectivity index is 0.000000461. The standard InChI is InChI=1S/C18H15N3O3S.C3H6O2/c1-11-4-2-3-5-15(11)21-25(23,24)12-6-7-16-14(10-12)13-8-9-19-17(13)18(22)20-16;1-2-3(4)5/h2-10,19,21H,1H3,(H,20,22);2H2,1H3,(H,4,5). The molecule has 2 aromatic heterocycles. The van der Waals surface area contributed by atoms with Gasteiger partial charge in [-0.3, -0.25) is 14.3 Å². The molecule has 4 aromatic rings. The SMILES string of the molecule is CCC(=O)O.Cc1ccccc1NS(=O)(=O)c1ccc2[nH]c(=O)c3[nH]ccc3c2c1. The molecule has 0 unspecified atom stereocenters. The number of aliphatic carboxylic acids is 1. The zero-order valence-electron chi connectivity index (χ0n) is 16.4. The molecule has 0 aliphatic rings. The predicted octanol–water partition coefficient (Wildman–Crippen LogP) is 3.60. The molecule has 0 atom stereocenters. The van der Waals surface area contributed by atoms with E-state index in [0.29, 0.717) is 27.5 Å². The molecule has 0 aliphatic carbocycles. The molecule has 2 heterocycles. The number of aromatic nitrogens is 2. The molecule has 0 amide bonds. The number of para-hydroxylation sites is 1. The van der Waals surface area contributed by atoms with Crippen LogP contribution in [0, 0.1) is 6.92 Å². The van der Waals surface area contributed by atoms with Crippen LogP contribution in [0.1, 0.15) is 18.9 Å². The average molecular weight is 427 g/mol. The normalized spacial score (nSPS) is 11.1. The number of aryl methyl sites for hydroxylation is 1. The second-order valence-corrected chi connectivity index (χ2v) is 8.28. The van der Waals surface area contributed by atoms with Gasteiger partial charge in [0, 0.05) is 28.9 Å². The van der Waals surface area contributed by atoms with E-state index in [-0.39, 0.29) is 16.9 Å². The second kappa shape index (κ2) is 8.42. The van der Waals surface area contributed by atoms with E-state index in [2.05, 4.69) is 14.7 Å². The third-order valence-electron chi connectivity index (χ3n) is 4.51. The van der Waals surface area contributed by atoms with Gasteiger partial charge in [-0.15, -0.1) is 0 Å². The Morgan fingerprint density at radius 2 is 1.80 bits per heavy atom. The minimum atomic E-state index is -3.74. The minimum Gasteiger partial charge on any atom is -0.481 e. The van der Waals surface area contributed by atoms with E-state index in [4.69, 9.17) is 5.11 Å². The molecule has 0 fully saturated rings. The number of sulfonamides is 1. The van der Waals surface area contributed by atoms with Gasteiger partial charge in [-0.1, -0.05) is 25.1 Å². The molecule has 9 heteroatoms. The topological polar surface area (TPSA) is 132 Å². The summed E-state index contributed by atoms with van der Waals surface area (Å²) < 4.78 is 28.1. The number of nitrogens with one attached hydrogen (secondary N) is 3. The van der Waals surface area contributed by atoms with Crippen molar-refractivity contribution in [3.8, 4) is 0 Å². The quantitative estimate of drug-likeness (QED) is 0.395. The second-order valence-electron chi connectivity index (χ2n) is 6.60. The summed E-state index contributed by atoms with van der Waals surface area (Å²) in [5.74, 6) is -0.745. The zero-order chi connectivity index (χ0) is 21.9. The fourth-order valence-corrected chi connectivity index (χ4v) is 4.04. The highest BCUT2D eigenvalue weighted by Crippen LogP contribution is 2.25. The van der Waals surface area contributed by atoms with Gasteiger partial charge < -0.3 is 15.1 Å². The largest absolute Gasteiger partial charge is 0.481 e. The highest BCUT2D eigenvalue weighted by Gasteiger charge is 2.17. The first kappa shape index (κ1) is 21.1. The van der Waals surface area contributed by atoms with Crippen LogP contribution >= 0.6 is 0 Å². The van der Waals surface area contributed by atoms with Crippen LogP contribution in [0.25, 0.3) is 21.8 Å². The molecule has 0 saturated heterocycles. The van der Waals surface area contributed by atoms with Crippen molar-refractivity contribution in [1.82, 2.24) is 9.97 Å². The minimum absolute atomic E-state index is 0.137. The van der Waals surface area contributed by atoms with Gasteiger partial charge in [0.05, 0.1) is 10.6 Å². The lowest BCUT2D eigenvalue weighted by Crippen LogP contribution is -2.14. The number of pyridine rings is 1. The van der Waals surface area contributed by atoms with E-state index in [1.54, 1.807) is 43.5 Å². The number of carbonyl (C=O) groups is 1. The highest BCUT2D eigenvalue weighted by atomic mass is 32.2. The summed E-state index contributed by atoms with van der Waals surface area (Å²) in [5.41, 5.74) is 2.15. The molecule has 156 valence electrons. The lowest BCUT2D eigenvalue weighted by molar-refractivity contribution is -0.136. The number of carboxylic acids is 1. The Kier molecular flexibility index (Phi) is 5.93. The maximum Gasteiger partial charge on any atom is 0.303 e. The van der Waals surface area contributed by atoms with Crippen LogP contribution in [0.5, 0.6) is 0 Å². The van der Waals surface area contributed by atoms with Crippen molar-refractivity contribution in [2.45, 2.75) is 25.2 Å². The van der Waals surface area contributed by atoms with E-state index in [1.807, 2.05) is 19.1 Å². The smallest absolute Gasteiger partial charge is 0.303 e. The third kappa shape index (κ3) is 4.36. The fraction of sp³-hybridized carbons (Fsp3) is 0.143. The lowest BCUT2D eigenvalue weighted by atomic mass is 10.1. The first-order valence-corrected chi connectivity index (χ1v) is 10.6. The van der Waals surface area contributed by atoms with Crippen LogP contribution in [0.2, 0.25) is 0 Å². The monoisotopic (exact) mass is 427 g/mol. The molecule has 0 aliphatic heterocycles. The fourth-order valence-electron chi connectivity index (χ4n) is 2.88. The number of rotatable bonds is 4. The number of aromatic amines is 2. The first-order valence-electron chi connectivity index (χ1n) is 9.16. The van der Waals surface area contributed by atoms with Gasteiger partial charge in [-0.05, 0) is 42.8 Å². The van der Waals surface area contributed by atoms with Crippen LogP contribution < -0.4 is 10.3 Å². The summed E-state index contributed by atoms with van der Waals surface area (Å²) >= 11 is 0. The molecule has 8 nitrogen and oxygen atoms in total. The molecule has 4 N–H and O–H groups in total. The zero-order valence-corrected chi connectivity index (χ0v) is 17.2. The Bertz CT molecular complexity index is 1390.